The molecule has 1 aliphatic heterocycles. The van der Waals surface area contributed by atoms with Crippen LogP contribution < -0.4 is 10.5 Å². The Morgan fingerprint density at radius 2 is 2.07 bits per heavy atom. The second kappa shape index (κ2) is 3.92. The molecule has 2 rings (SSSR count). The summed E-state index contributed by atoms with van der Waals surface area (Å²) in [6.07, 6.45) is -0.296. The molecule has 0 aromatic carbocycles. The number of β-amino-alcohol motifs (C(OH)–C–C–N with tert-alkyl or cyclic N) is 2. The molecule has 0 bridgehead atoms. The van der Waals surface area contributed by atoms with Gasteiger partial charge in [0, 0.05) is 13.1 Å². The van der Waals surface area contributed by atoms with Gasteiger partial charge in [-0.25, -0.2) is 4.98 Å². The highest BCUT2D eigenvalue weighted by Crippen LogP contribution is 2.23. The summed E-state index contributed by atoms with van der Waals surface area (Å²) in [4.78, 5) is 19.3. The van der Waals surface area contributed by atoms with Crippen molar-refractivity contribution in [1.29, 1.82) is 0 Å². The molecule has 7 heteroatoms. The fraction of sp³-hybridized carbons (Fsp3) is 0.500. The number of aromatic amines is 1. The van der Waals surface area contributed by atoms with Crippen LogP contribution in [0.15, 0.2) is 15.6 Å². The first-order chi connectivity index (χ1) is 7.09. The minimum atomic E-state index is -0.794. The number of hydrogen-bond donors (Lipinski definition) is 3. The SMILES string of the molecule is O=c1[nH]cnc(N2CC(O)C(O)C2)c1Br. The van der Waals surface area contributed by atoms with Gasteiger partial charge in [-0.1, -0.05) is 0 Å². The number of halogens is 1. The lowest BCUT2D eigenvalue weighted by Gasteiger charge is -2.16. The van der Waals surface area contributed by atoms with Gasteiger partial charge in [-0.15, -0.1) is 0 Å². The van der Waals surface area contributed by atoms with Crippen molar-refractivity contribution in [2.24, 2.45) is 0 Å². The summed E-state index contributed by atoms with van der Waals surface area (Å²) >= 11 is 3.12. The van der Waals surface area contributed by atoms with E-state index in [2.05, 4.69) is 25.9 Å². The van der Waals surface area contributed by atoms with Crippen molar-refractivity contribution in [2.75, 3.05) is 18.0 Å². The maximum absolute atomic E-state index is 11.3. The maximum Gasteiger partial charge on any atom is 0.267 e. The quantitative estimate of drug-likeness (QED) is 0.617. The predicted molar refractivity (Wildman–Crippen MR) is 56.8 cm³/mol. The number of nitrogens with zero attached hydrogens (tertiary/aromatic N) is 2. The van der Waals surface area contributed by atoms with E-state index in [0.29, 0.717) is 10.3 Å². The second-order valence-corrected chi connectivity index (χ2v) is 4.20. The Bertz CT molecular complexity index is 412. The van der Waals surface area contributed by atoms with Crippen LogP contribution in [0.25, 0.3) is 0 Å². The Hall–Kier alpha value is -0.920. The van der Waals surface area contributed by atoms with Gasteiger partial charge in [-0.2, -0.15) is 0 Å². The van der Waals surface area contributed by atoms with Crippen molar-refractivity contribution in [3.8, 4) is 0 Å². The molecule has 3 N–H and O–H groups in total. The highest BCUT2D eigenvalue weighted by molar-refractivity contribution is 9.10. The Balaban J connectivity index is 2.32. The molecule has 0 radical (unpaired) electrons. The molecule has 0 saturated carbocycles. The zero-order valence-corrected chi connectivity index (χ0v) is 9.31. The Morgan fingerprint density at radius 1 is 1.47 bits per heavy atom. The summed E-state index contributed by atoms with van der Waals surface area (Å²) < 4.78 is 0.311. The van der Waals surface area contributed by atoms with E-state index in [4.69, 9.17) is 0 Å². The smallest absolute Gasteiger partial charge is 0.267 e. The van der Waals surface area contributed by atoms with Crippen molar-refractivity contribution in [1.82, 2.24) is 9.97 Å². The number of hydrogen-bond acceptors (Lipinski definition) is 5. The lowest BCUT2D eigenvalue weighted by molar-refractivity contribution is 0.0572. The highest BCUT2D eigenvalue weighted by Gasteiger charge is 2.31. The van der Waals surface area contributed by atoms with Crippen LogP contribution in [-0.2, 0) is 0 Å². The molecule has 2 unspecified atom stereocenters. The third-order valence-electron chi connectivity index (χ3n) is 2.34. The molecule has 15 heavy (non-hydrogen) atoms. The molecular weight excluding hydrogens is 266 g/mol. The van der Waals surface area contributed by atoms with Crippen LogP contribution in [0, 0.1) is 0 Å². The summed E-state index contributed by atoms with van der Waals surface area (Å²) in [5, 5.41) is 18.7. The molecule has 1 saturated heterocycles. The molecule has 6 nitrogen and oxygen atoms in total. The molecule has 0 amide bonds. The largest absolute Gasteiger partial charge is 0.389 e. The standard InChI is InChI=1S/C8H10BrN3O3/c9-6-7(10-3-11-8(6)15)12-1-4(13)5(14)2-12/h3-5,13-14H,1-2H2,(H,10,11,15). The zero-order chi connectivity index (χ0) is 11.0. The van der Waals surface area contributed by atoms with E-state index in [1.54, 1.807) is 4.90 Å². The molecular formula is C8H10BrN3O3. The van der Waals surface area contributed by atoms with E-state index in [9.17, 15) is 15.0 Å². The van der Waals surface area contributed by atoms with Crippen LogP contribution in [0.1, 0.15) is 0 Å². The topological polar surface area (TPSA) is 89.5 Å². The number of aliphatic hydroxyl groups excluding tert-OH is 2. The monoisotopic (exact) mass is 275 g/mol. The van der Waals surface area contributed by atoms with Crippen molar-refractivity contribution in [3.63, 3.8) is 0 Å². The predicted octanol–water partition coefficient (Wildman–Crippen LogP) is -0.926. The number of aliphatic hydroxyl groups is 2. The summed E-state index contributed by atoms with van der Waals surface area (Å²) in [5.74, 6) is 0.439. The summed E-state index contributed by atoms with van der Waals surface area (Å²) in [6.45, 7) is 0.548. The van der Waals surface area contributed by atoms with E-state index in [1.165, 1.54) is 6.33 Å². The van der Waals surface area contributed by atoms with Crippen LogP contribution in [0.3, 0.4) is 0 Å². The molecule has 0 spiro atoms. The third-order valence-corrected chi connectivity index (χ3v) is 3.05. The van der Waals surface area contributed by atoms with Gasteiger partial charge in [0.2, 0.25) is 0 Å². The lowest BCUT2D eigenvalue weighted by atomic mass is 10.3. The highest BCUT2D eigenvalue weighted by atomic mass is 79.9. The first-order valence-electron chi connectivity index (χ1n) is 4.44. The zero-order valence-electron chi connectivity index (χ0n) is 7.72. The molecule has 1 aromatic rings. The fourth-order valence-electron chi connectivity index (χ4n) is 1.54. The van der Waals surface area contributed by atoms with Crippen LogP contribution in [0.4, 0.5) is 5.82 Å². The Kier molecular flexibility index (Phi) is 2.76. The number of anilines is 1. The van der Waals surface area contributed by atoms with Crippen LogP contribution in [0.5, 0.6) is 0 Å². The number of nitrogens with one attached hydrogen (secondary N) is 1. The molecule has 2 atom stereocenters. The van der Waals surface area contributed by atoms with Crippen molar-refractivity contribution in [3.05, 3.63) is 21.2 Å². The summed E-state index contributed by atoms with van der Waals surface area (Å²) in [7, 11) is 0. The van der Waals surface area contributed by atoms with Gasteiger partial charge in [0.05, 0.1) is 18.5 Å². The fourth-order valence-corrected chi connectivity index (χ4v) is 2.00. The van der Waals surface area contributed by atoms with Crippen LogP contribution in [-0.4, -0.2) is 45.5 Å². The van der Waals surface area contributed by atoms with E-state index in [0.717, 1.165) is 0 Å². The second-order valence-electron chi connectivity index (χ2n) is 3.41. The van der Waals surface area contributed by atoms with Gasteiger partial charge in [0.15, 0.2) is 5.82 Å². The van der Waals surface area contributed by atoms with Gasteiger partial charge in [0.1, 0.15) is 4.47 Å². The summed E-state index contributed by atoms with van der Waals surface area (Å²) in [5.41, 5.74) is -0.282. The first kappa shape index (κ1) is 10.6. The van der Waals surface area contributed by atoms with Gasteiger partial charge in [0.25, 0.3) is 5.56 Å². The van der Waals surface area contributed by atoms with E-state index < -0.39 is 12.2 Å². The Morgan fingerprint density at radius 3 is 2.67 bits per heavy atom. The van der Waals surface area contributed by atoms with E-state index in [1.807, 2.05) is 0 Å². The van der Waals surface area contributed by atoms with Crippen molar-refractivity contribution in [2.45, 2.75) is 12.2 Å². The van der Waals surface area contributed by atoms with Crippen LogP contribution >= 0.6 is 15.9 Å². The number of aromatic nitrogens is 2. The Labute approximate surface area is 93.7 Å². The average Bonchev–Trinajstić information content (AvgIpc) is 2.51. The van der Waals surface area contributed by atoms with E-state index in [-0.39, 0.29) is 18.6 Å². The number of H-pyrrole nitrogens is 1. The molecule has 1 aliphatic rings. The molecule has 0 aliphatic carbocycles. The van der Waals surface area contributed by atoms with Gasteiger partial charge in [-0.3, -0.25) is 4.79 Å². The maximum atomic E-state index is 11.3. The van der Waals surface area contributed by atoms with Gasteiger partial charge in [-0.05, 0) is 15.9 Å². The van der Waals surface area contributed by atoms with Crippen molar-refractivity contribution < 1.29 is 10.2 Å². The van der Waals surface area contributed by atoms with Gasteiger partial charge >= 0.3 is 0 Å². The minimum absolute atomic E-state index is 0.274. The molecule has 2 heterocycles. The molecule has 1 fully saturated rings. The van der Waals surface area contributed by atoms with Crippen LogP contribution in [0.2, 0.25) is 0 Å². The van der Waals surface area contributed by atoms with Gasteiger partial charge < -0.3 is 20.1 Å². The average molecular weight is 276 g/mol. The lowest BCUT2D eigenvalue weighted by Crippen LogP contribution is -2.25. The summed E-state index contributed by atoms with van der Waals surface area (Å²) in [6, 6.07) is 0. The number of rotatable bonds is 1. The minimum Gasteiger partial charge on any atom is -0.389 e. The first-order valence-corrected chi connectivity index (χ1v) is 5.23. The normalized spacial score (nSPS) is 25.9. The van der Waals surface area contributed by atoms with Crippen molar-refractivity contribution >= 4 is 21.7 Å². The molecule has 82 valence electrons. The molecule has 1 aromatic heterocycles. The van der Waals surface area contributed by atoms with E-state index >= 15 is 0 Å². The third kappa shape index (κ3) is 1.90.